The van der Waals surface area contributed by atoms with E-state index in [9.17, 15) is 4.79 Å². The summed E-state index contributed by atoms with van der Waals surface area (Å²) in [6.45, 7) is 0. The molecule has 0 spiro atoms. The summed E-state index contributed by atoms with van der Waals surface area (Å²) in [5.74, 6) is -0.0719. The molecule has 0 saturated heterocycles. The van der Waals surface area contributed by atoms with Crippen LogP contribution in [0.3, 0.4) is 0 Å². The Morgan fingerprint density at radius 1 is 1.00 bits per heavy atom. The SMILES string of the molecule is O=C(O)c1ccc(NC2(C3CCCCC3)CCCC2)cc1. The van der Waals surface area contributed by atoms with Crippen LogP contribution in [0.5, 0.6) is 0 Å². The summed E-state index contributed by atoms with van der Waals surface area (Å²) < 4.78 is 0. The molecule has 2 aliphatic carbocycles. The van der Waals surface area contributed by atoms with Gasteiger partial charge in [-0.2, -0.15) is 0 Å². The van der Waals surface area contributed by atoms with Crippen LogP contribution in [0.4, 0.5) is 5.69 Å². The summed E-state index contributed by atoms with van der Waals surface area (Å²) in [6.07, 6.45) is 12.0. The highest BCUT2D eigenvalue weighted by molar-refractivity contribution is 5.88. The highest BCUT2D eigenvalue weighted by Crippen LogP contribution is 2.44. The Labute approximate surface area is 126 Å². The lowest BCUT2D eigenvalue weighted by atomic mass is 9.73. The molecule has 0 amide bonds. The van der Waals surface area contributed by atoms with Crippen molar-refractivity contribution in [3.63, 3.8) is 0 Å². The number of nitrogens with one attached hydrogen (secondary N) is 1. The number of rotatable bonds is 4. The minimum absolute atomic E-state index is 0.255. The highest BCUT2D eigenvalue weighted by atomic mass is 16.4. The largest absolute Gasteiger partial charge is 0.478 e. The van der Waals surface area contributed by atoms with Crippen molar-refractivity contribution in [2.75, 3.05) is 5.32 Å². The number of anilines is 1. The Morgan fingerprint density at radius 3 is 2.19 bits per heavy atom. The molecule has 2 N–H and O–H groups in total. The first kappa shape index (κ1) is 14.4. The smallest absolute Gasteiger partial charge is 0.335 e. The third kappa shape index (κ3) is 3.07. The molecule has 2 aliphatic rings. The minimum Gasteiger partial charge on any atom is -0.478 e. The molecule has 2 saturated carbocycles. The first-order valence-corrected chi connectivity index (χ1v) is 8.31. The summed E-state index contributed by atoms with van der Waals surface area (Å²) in [5.41, 5.74) is 1.69. The van der Waals surface area contributed by atoms with E-state index >= 15 is 0 Å². The van der Waals surface area contributed by atoms with Crippen LogP contribution >= 0.6 is 0 Å². The summed E-state index contributed by atoms with van der Waals surface area (Å²) >= 11 is 0. The molecule has 0 unspecified atom stereocenters. The van der Waals surface area contributed by atoms with Crippen molar-refractivity contribution in [3.05, 3.63) is 29.8 Å². The molecule has 0 atom stereocenters. The number of carbonyl (C=O) groups is 1. The first-order valence-electron chi connectivity index (χ1n) is 8.31. The average molecular weight is 287 g/mol. The third-order valence-electron chi connectivity index (χ3n) is 5.41. The molecule has 2 fully saturated rings. The van der Waals surface area contributed by atoms with Gasteiger partial charge in [-0.05, 0) is 55.9 Å². The zero-order valence-electron chi connectivity index (χ0n) is 12.6. The van der Waals surface area contributed by atoms with E-state index in [0.717, 1.165) is 11.6 Å². The molecule has 1 aromatic rings. The predicted molar refractivity (Wildman–Crippen MR) is 84.8 cm³/mol. The molecule has 0 radical (unpaired) electrons. The van der Waals surface area contributed by atoms with E-state index in [0.29, 0.717) is 5.56 Å². The van der Waals surface area contributed by atoms with E-state index in [4.69, 9.17) is 5.11 Å². The van der Waals surface area contributed by atoms with E-state index in [2.05, 4.69) is 5.32 Å². The van der Waals surface area contributed by atoms with Crippen molar-refractivity contribution in [2.45, 2.75) is 63.3 Å². The molecule has 114 valence electrons. The molecule has 0 bridgehead atoms. The van der Waals surface area contributed by atoms with Gasteiger partial charge < -0.3 is 10.4 Å². The Kier molecular flexibility index (Phi) is 4.18. The van der Waals surface area contributed by atoms with Crippen LogP contribution in [0.15, 0.2) is 24.3 Å². The molecular weight excluding hydrogens is 262 g/mol. The van der Waals surface area contributed by atoms with E-state index < -0.39 is 5.97 Å². The zero-order chi connectivity index (χ0) is 14.7. The fourth-order valence-electron chi connectivity index (χ4n) is 4.28. The van der Waals surface area contributed by atoms with Crippen LogP contribution in [-0.2, 0) is 0 Å². The maximum Gasteiger partial charge on any atom is 0.335 e. The molecule has 21 heavy (non-hydrogen) atoms. The minimum atomic E-state index is -0.857. The number of carboxylic acid groups (broad SMARTS) is 1. The third-order valence-corrected chi connectivity index (χ3v) is 5.41. The number of benzene rings is 1. The number of hydrogen-bond acceptors (Lipinski definition) is 2. The lowest BCUT2D eigenvalue weighted by Gasteiger charge is -2.41. The lowest BCUT2D eigenvalue weighted by molar-refractivity contribution is 0.0697. The normalized spacial score (nSPS) is 22.1. The van der Waals surface area contributed by atoms with Gasteiger partial charge in [-0.3, -0.25) is 0 Å². The van der Waals surface area contributed by atoms with Crippen LogP contribution in [0, 0.1) is 5.92 Å². The highest BCUT2D eigenvalue weighted by Gasteiger charge is 2.41. The standard InChI is InChI=1S/C18H25NO2/c20-17(21)14-8-10-16(11-9-14)19-18(12-4-5-13-18)15-6-2-1-3-7-15/h8-11,15,19H,1-7,12-13H2,(H,20,21). The maximum atomic E-state index is 10.9. The molecule has 0 aromatic heterocycles. The van der Waals surface area contributed by atoms with Gasteiger partial charge in [0.1, 0.15) is 0 Å². The number of hydrogen-bond donors (Lipinski definition) is 2. The van der Waals surface area contributed by atoms with Gasteiger partial charge in [-0.15, -0.1) is 0 Å². The summed E-state index contributed by atoms with van der Waals surface area (Å²) in [5, 5.41) is 12.8. The predicted octanol–water partition coefficient (Wildman–Crippen LogP) is 4.69. The van der Waals surface area contributed by atoms with Crippen LogP contribution in [0.2, 0.25) is 0 Å². The monoisotopic (exact) mass is 287 g/mol. The van der Waals surface area contributed by atoms with Gasteiger partial charge in [0.15, 0.2) is 0 Å². The topological polar surface area (TPSA) is 49.3 Å². The Morgan fingerprint density at radius 2 is 1.62 bits per heavy atom. The average Bonchev–Trinajstić information content (AvgIpc) is 2.98. The van der Waals surface area contributed by atoms with Crippen LogP contribution in [0.1, 0.15) is 68.1 Å². The van der Waals surface area contributed by atoms with Crippen molar-refractivity contribution < 1.29 is 9.90 Å². The van der Waals surface area contributed by atoms with Crippen molar-refractivity contribution in [3.8, 4) is 0 Å². The van der Waals surface area contributed by atoms with Crippen molar-refractivity contribution in [1.29, 1.82) is 0 Å². The molecule has 1 aromatic carbocycles. The van der Waals surface area contributed by atoms with Crippen LogP contribution < -0.4 is 5.32 Å². The second kappa shape index (κ2) is 6.08. The zero-order valence-corrected chi connectivity index (χ0v) is 12.6. The summed E-state index contributed by atoms with van der Waals surface area (Å²) in [4.78, 5) is 10.9. The Hall–Kier alpha value is -1.51. The molecule has 0 aliphatic heterocycles. The summed E-state index contributed by atoms with van der Waals surface area (Å²) in [7, 11) is 0. The lowest BCUT2D eigenvalue weighted by Crippen LogP contribution is -2.44. The van der Waals surface area contributed by atoms with Gasteiger partial charge >= 0.3 is 5.97 Å². The van der Waals surface area contributed by atoms with E-state index in [1.165, 1.54) is 57.8 Å². The van der Waals surface area contributed by atoms with E-state index in [1.54, 1.807) is 12.1 Å². The maximum absolute atomic E-state index is 10.9. The van der Waals surface area contributed by atoms with Crippen LogP contribution in [0.25, 0.3) is 0 Å². The van der Waals surface area contributed by atoms with E-state index in [-0.39, 0.29) is 5.54 Å². The fourth-order valence-corrected chi connectivity index (χ4v) is 4.28. The van der Waals surface area contributed by atoms with Gasteiger partial charge in [-0.25, -0.2) is 4.79 Å². The van der Waals surface area contributed by atoms with Gasteiger partial charge in [0, 0.05) is 11.2 Å². The van der Waals surface area contributed by atoms with Gasteiger partial charge in [0.2, 0.25) is 0 Å². The second-order valence-corrected chi connectivity index (χ2v) is 6.71. The molecule has 0 heterocycles. The Bertz CT molecular complexity index is 482. The number of aromatic carboxylic acids is 1. The second-order valence-electron chi connectivity index (χ2n) is 6.71. The van der Waals surface area contributed by atoms with Crippen molar-refractivity contribution >= 4 is 11.7 Å². The molecule has 3 heteroatoms. The Balaban J connectivity index is 1.76. The van der Waals surface area contributed by atoms with Crippen molar-refractivity contribution in [1.82, 2.24) is 0 Å². The molecule has 3 rings (SSSR count). The molecule has 3 nitrogen and oxygen atoms in total. The van der Waals surface area contributed by atoms with Gasteiger partial charge in [-0.1, -0.05) is 32.1 Å². The van der Waals surface area contributed by atoms with Gasteiger partial charge in [0.25, 0.3) is 0 Å². The quantitative estimate of drug-likeness (QED) is 0.844. The first-order chi connectivity index (χ1) is 10.2. The number of carboxylic acids is 1. The van der Waals surface area contributed by atoms with E-state index in [1.807, 2.05) is 12.1 Å². The van der Waals surface area contributed by atoms with Crippen molar-refractivity contribution in [2.24, 2.45) is 5.92 Å². The molecular formula is C18H25NO2. The van der Waals surface area contributed by atoms with Crippen LogP contribution in [-0.4, -0.2) is 16.6 Å². The fraction of sp³-hybridized carbons (Fsp3) is 0.611. The summed E-state index contributed by atoms with van der Waals surface area (Å²) in [6, 6.07) is 7.25. The van der Waals surface area contributed by atoms with Gasteiger partial charge in [0.05, 0.1) is 5.56 Å².